The minimum Gasteiger partial charge on any atom is -0.364 e. The Morgan fingerprint density at radius 3 is 2.79 bits per heavy atom. The third kappa shape index (κ3) is 3.26. The highest BCUT2D eigenvalue weighted by Gasteiger charge is 2.21. The zero-order chi connectivity index (χ0) is 13.9. The molecule has 0 spiro atoms. The molecule has 0 unspecified atom stereocenters. The molecule has 0 amide bonds. The van der Waals surface area contributed by atoms with Crippen molar-refractivity contribution in [2.45, 2.75) is 64.8 Å². The molecule has 2 rings (SSSR count). The van der Waals surface area contributed by atoms with Crippen LogP contribution in [0, 0.1) is 11.3 Å². The van der Waals surface area contributed by atoms with Crippen molar-refractivity contribution in [3.05, 3.63) is 22.9 Å². The van der Waals surface area contributed by atoms with E-state index in [0.29, 0.717) is 5.56 Å². The zero-order valence-electron chi connectivity index (χ0n) is 12.2. The number of anilines is 1. The van der Waals surface area contributed by atoms with Crippen LogP contribution in [0.3, 0.4) is 0 Å². The van der Waals surface area contributed by atoms with Crippen LogP contribution >= 0.6 is 0 Å². The fraction of sp³-hybridized carbons (Fsp3) is 0.625. The summed E-state index contributed by atoms with van der Waals surface area (Å²) in [5, 5.41) is 12.8. The fourth-order valence-electron chi connectivity index (χ4n) is 2.82. The summed E-state index contributed by atoms with van der Waals surface area (Å²) in [6, 6.07) is 4.32. The van der Waals surface area contributed by atoms with Gasteiger partial charge in [0.25, 0.3) is 0 Å². The molecular formula is C16H23N3. The van der Waals surface area contributed by atoms with Gasteiger partial charge in [-0.2, -0.15) is 5.26 Å². The number of nitrogens with one attached hydrogen (secondary N) is 1. The summed E-state index contributed by atoms with van der Waals surface area (Å²) < 4.78 is 0. The Labute approximate surface area is 116 Å². The minimum absolute atomic E-state index is 0.0176. The van der Waals surface area contributed by atoms with E-state index in [4.69, 9.17) is 4.98 Å². The number of fused-ring (bicyclic) bond motifs is 1. The lowest BCUT2D eigenvalue weighted by Crippen LogP contribution is -2.31. The van der Waals surface area contributed by atoms with Crippen LogP contribution in [0.1, 0.15) is 63.3 Å². The van der Waals surface area contributed by atoms with Crippen molar-refractivity contribution in [2.75, 3.05) is 5.32 Å². The maximum absolute atomic E-state index is 9.32. The third-order valence-electron chi connectivity index (χ3n) is 3.75. The van der Waals surface area contributed by atoms with Gasteiger partial charge in [0.2, 0.25) is 0 Å². The molecule has 1 heterocycles. The van der Waals surface area contributed by atoms with Gasteiger partial charge in [-0.25, -0.2) is 4.98 Å². The lowest BCUT2D eigenvalue weighted by molar-refractivity contribution is 0.508. The summed E-state index contributed by atoms with van der Waals surface area (Å²) in [6.45, 7) is 6.51. The molecule has 1 aliphatic rings. The van der Waals surface area contributed by atoms with Gasteiger partial charge in [0.1, 0.15) is 11.9 Å². The van der Waals surface area contributed by atoms with Crippen LogP contribution in [0.15, 0.2) is 6.07 Å². The first-order chi connectivity index (χ1) is 9.05. The van der Waals surface area contributed by atoms with Gasteiger partial charge in [-0.15, -0.1) is 0 Å². The molecule has 0 bridgehead atoms. The van der Waals surface area contributed by atoms with E-state index < -0.39 is 0 Å². The summed E-state index contributed by atoms with van der Waals surface area (Å²) in [4.78, 5) is 4.72. The second-order valence-electron chi connectivity index (χ2n) is 6.07. The zero-order valence-corrected chi connectivity index (χ0v) is 12.2. The Morgan fingerprint density at radius 2 is 2.11 bits per heavy atom. The summed E-state index contributed by atoms with van der Waals surface area (Å²) >= 11 is 0. The second kappa shape index (κ2) is 5.61. The Morgan fingerprint density at radius 1 is 1.37 bits per heavy atom. The number of nitrogens with zero attached hydrogens (tertiary/aromatic N) is 2. The van der Waals surface area contributed by atoms with E-state index in [2.05, 4.69) is 32.2 Å². The molecule has 1 aromatic heterocycles. The van der Waals surface area contributed by atoms with Gasteiger partial charge in [-0.3, -0.25) is 0 Å². The van der Waals surface area contributed by atoms with Crippen molar-refractivity contribution in [1.29, 1.82) is 5.26 Å². The number of hydrogen-bond acceptors (Lipinski definition) is 3. The first-order valence-electron chi connectivity index (χ1n) is 7.27. The van der Waals surface area contributed by atoms with Crippen LogP contribution in [0.5, 0.6) is 0 Å². The van der Waals surface area contributed by atoms with Crippen molar-refractivity contribution in [2.24, 2.45) is 0 Å². The quantitative estimate of drug-likeness (QED) is 0.892. The third-order valence-corrected chi connectivity index (χ3v) is 3.75. The maximum Gasteiger partial charge on any atom is 0.144 e. The van der Waals surface area contributed by atoms with Crippen molar-refractivity contribution < 1.29 is 0 Å². The van der Waals surface area contributed by atoms with Gasteiger partial charge < -0.3 is 5.32 Å². The fourth-order valence-corrected chi connectivity index (χ4v) is 2.82. The van der Waals surface area contributed by atoms with E-state index >= 15 is 0 Å². The van der Waals surface area contributed by atoms with Crippen molar-refractivity contribution in [1.82, 2.24) is 4.98 Å². The van der Waals surface area contributed by atoms with E-state index in [-0.39, 0.29) is 5.54 Å². The summed E-state index contributed by atoms with van der Waals surface area (Å²) in [6.07, 6.45) is 6.72. The van der Waals surface area contributed by atoms with E-state index in [1.54, 1.807) is 0 Å². The molecule has 3 nitrogen and oxygen atoms in total. The van der Waals surface area contributed by atoms with Crippen molar-refractivity contribution >= 4 is 5.82 Å². The average Bonchev–Trinajstić information content (AvgIpc) is 2.37. The molecule has 19 heavy (non-hydrogen) atoms. The molecule has 0 radical (unpaired) electrons. The molecule has 1 aromatic rings. The Bertz CT molecular complexity index is 497. The lowest BCUT2D eigenvalue weighted by Gasteiger charge is -2.28. The van der Waals surface area contributed by atoms with E-state index in [1.165, 1.54) is 24.1 Å². The second-order valence-corrected chi connectivity index (χ2v) is 6.07. The van der Waals surface area contributed by atoms with Crippen molar-refractivity contribution in [3.8, 4) is 6.07 Å². The molecule has 0 saturated heterocycles. The number of pyridine rings is 1. The van der Waals surface area contributed by atoms with Gasteiger partial charge in [-0.05, 0) is 57.6 Å². The van der Waals surface area contributed by atoms with Gasteiger partial charge >= 0.3 is 0 Å². The SMILES string of the molecule is CCCC(C)(C)Nc1nc2c(cc1C#N)CCCC2. The highest BCUT2D eigenvalue weighted by molar-refractivity contribution is 5.55. The van der Waals surface area contributed by atoms with Gasteiger partial charge in [0.15, 0.2) is 0 Å². The number of nitriles is 1. The lowest BCUT2D eigenvalue weighted by atomic mass is 9.94. The number of hydrogen-bond donors (Lipinski definition) is 1. The van der Waals surface area contributed by atoms with Crippen LogP contribution in [-0.4, -0.2) is 10.5 Å². The van der Waals surface area contributed by atoms with Crippen LogP contribution in [0.25, 0.3) is 0 Å². The summed E-state index contributed by atoms with van der Waals surface area (Å²) in [7, 11) is 0. The standard InChI is InChI=1S/C16H23N3/c1-4-9-16(2,3)19-15-13(11-17)10-12-7-5-6-8-14(12)18-15/h10H,4-9H2,1-3H3,(H,18,19). The highest BCUT2D eigenvalue weighted by Crippen LogP contribution is 2.27. The van der Waals surface area contributed by atoms with Crippen LogP contribution in [-0.2, 0) is 12.8 Å². The largest absolute Gasteiger partial charge is 0.364 e. The molecule has 1 N–H and O–H groups in total. The van der Waals surface area contributed by atoms with E-state index in [1.807, 2.05) is 6.07 Å². The normalized spacial score (nSPS) is 14.6. The minimum atomic E-state index is -0.0176. The predicted octanol–water partition coefficient (Wildman–Crippen LogP) is 3.82. The smallest absolute Gasteiger partial charge is 0.144 e. The number of aromatic nitrogens is 1. The van der Waals surface area contributed by atoms with Gasteiger partial charge in [0.05, 0.1) is 5.56 Å². The van der Waals surface area contributed by atoms with Crippen LogP contribution in [0.4, 0.5) is 5.82 Å². The van der Waals surface area contributed by atoms with E-state index in [9.17, 15) is 5.26 Å². The molecule has 0 atom stereocenters. The predicted molar refractivity (Wildman–Crippen MR) is 78.2 cm³/mol. The Hall–Kier alpha value is -1.56. The molecule has 0 saturated carbocycles. The topological polar surface area (TPSA) is 48.7 Å². The van der Waals surface area contributed by atoms with Crippen molar-refractivity contribution in [3.63, 3.8) is 0 Å². The first kappa shape index (κ1) is 13.9. The number of rotatable bonds is 4. The molecular weight excluding hydrogens is 234 g/mol. The molecule has 0 fully saturated rings. The van der Waals surface area contributed by atoms with Gasteiger partial charge in [-0.1, -0.05) is 13.3 Å². The maximum atomic E-state index is 9.32. The number of aryl methyl sites for hydroxylation is 2. The first-order valence-corrected chi connectivity index (χ1v) is 7.27. The van der Waals surface area contributed by atoms with Crippen LogP contribution in [0.2, 0.25) is 0 Å². The Balaban J connectivity index is 2.32. The average molecular weight is 257 g/mol. The molecule has 102 valence electrons. The highest BCUT2D eigenvalue weighted by atomic mass is 15.1. The molecule has 0 aromatic carbocycles. The van der Waals surface area contributed by atoms with E-state index in [0.717, 1.165) is 31.5 Å². The summed E-state index contributed by atoms with van der Waals surface area (Å²) in [5.74, 6) is 0.765. The Kier molecular flexibility index (Phi) is 4.09. The van der Waals surface area contributed by atoms with Gasteiger partial charge in [0, 0.05) is 11.2 Å². The summed E-state index contributed by atoms with van der Waals surface area (Å²) in [5.41, 5.74) is 3.11. The molecule has 1 aliphatic carbocycles. The molecule has 0 aliphatic heterocycles. The molecule has 3 heteroatoms. The van der Waals surface area contributed by atoms with Crippen LogP contribution < -0.4 is 5.32 Å². The monoisotopic (exact) mass is 257 g/mol.